The molecule has 0 aliphatic heterocycles. The molecule has 0 unspecified atom stereocenters. The van der Waals surface area contributed by atoms with Crippen molar-refractivity contribution < 1.29 is 0 Å². The van der Waals surface area contributed by atoms with Gasteiger partial charge in [-0.1, -0.05) is 54.6 Å². The molecule has 0 saturated carbocycles. The monoisotopic (exact) mass is 204 g/mol. The van der Waals surface area contributed by atoms with Crippen molar-refractivity contribution in [3.8, 4) is 0 Å². The Balaban J connectivity index is 2.10. The maximum Gasteiger partial charge on any atom is 0.0363 e. The molecular weight excluding hydrogens is 192 g/mol. The predicted octanol–water partition coefficient (Wildman–Crippen LogP) is 4.24. The third-order valence-electron chi connectivity index (χ3n) is 2.73. The van der Waals surface area contributed by atoms with Crippen LogP contribution in [0, 0.1) is 0 Å². The van der Waals surface area contributed by atoms with Gasteiger partial charge in [-0.3, -0.25) is 0 Å². The SMILES string of the molecule is C=C(Cl)C1=CC[C@@H](c2ccccc2)C1. The van der Waals surface area contributed by atoms with E-state index in [0.29, 0.717) is 11.0 Å². The Labute approximate surface area is 89.9 Å². The second kappa shape index (κ2) is 4.02. The van der Waals surface area contributed by atoms with Crippen LogP contribution in [0.3, 0.4) is 0 Å². The molecule has 0 spiro atoms. The molecule has 1 aliphatic carbocycles. The van der Waals surface area contributed by atoms with Crippen molar-refractivity contribution >= 4 is 11.6 Å². The molecule has 0 radical (unpaired) electrons. The lowest BCUT2D eigenvalue weighted by molar-refractivity contribution is 0.745. The van der Waals surface area contributed by atoms with E-state index < -0.39 is 0 Å². The van der Waals surface area contributed by atoms with Gasteiger partial charge in [-0.25, -0.2) is 0 Å². The van der Waals surface area contributed by atoms with Gasteiger partial charge < -0.3 is 0 Å². The maximum atomic E-state index is 5.87. The van der Waals surface area contributed by atoms with E-state index in [4.69, 9.17) is 11.6 Å². The molecule has 1 aromatic carbocycles. The van der Waals surface area contributed by atoms with E-state index >= 15 is 0 Å². The summed E-state index contributed by atoms with van der Waals surface area (Å²) in [5.41, 5.74) is 2.61. The van der Waals surface area contributed by atoms with Crippen LogP contribution >= 0.6 is 11.6 Å². The molecule has 0 saturated heterocycles. The van der Waals surface area contributed by atoms with E-state index in [1.165, 1.54) is 11.1 Å². The summed E-state index contributed by atoms with van der Waals surface area (Å²) in [7, 11) is 0. The van der Waals surface area contributed by atoms with Crippen molar-refractivity contribution in [1.29, 1.82) is 0 Å². The molecule has 0 aromatic heterocycles. The van der Waals surface area contributed by atoms with Crippen molar-refractivity contribution in [2.45, 2.75) is 18.8 Å². The van der Waals surface area contributed by atoms with Crippen LogP contribution in [0.1, 0.15) is 24.3 Å². The highest BCUT2D eigenvalue weighted by molar-refractivity contribution is 6.31. The summed E-state index contributed by atoms with van der Waals surface area (Å²) in [6.07, 6.45) is 4.32. The first-order valence-corrected chi connectivity index (χ1v) is 5.24. The molecule has 0 heterocycles. The van der Waals surface area contributed by atoms with Crippen molar-refractivity contribution in [2.24, 2.45) is 0 Å². The highest BCUT2D eigenvalue weighted by Gasteiger charge is 2.19. The normalized spacial score (nSPS) is 20.6. The third kappa shape index (κ3) is 1.91. The molecule has 0 fully saturated rings. The Morgan fingerprint density at radius 3 is 2.57 bits per heavy atom. The molecule has 14 heavy (non-hydrogen) atoms. The number of rotatable bonds is 2. The average molecular weight is 205 g/mol. The summed E-state index contributed by atoms with van der Waals surface area (Å²) in [4.78, 5) is 0. The van der Waals surface area contributed by atoms with Crippen molar-refractivity contribution in [3.63, 3.8) is 0 Å². The molecular formula is C13H13Cl. The summed E-state index contributed by atoms with van der Waals surface area (Å²) in [6.45, 7) is 3.76. The third-order valence-corrected chi connectivity index (χ3v) is 2.98. The molecule has 72 valence electrons. The summed E-state index contributed by atoms with van der Waals surface area (Å²) in [5.74, 6) is 0.599. The van der Waals surface area contributed by atoms with E-state index in [1.54, 1.807) is 0 Å². The predicted molar refractivity (Wildman–Crippen MR) is 61.5 cm³/mol. The molecule has 0 amide bonds. The number of allylic oxidation sites excluding steroid dienone is 3. The smallest absolute Gasteiger partial charge is 0.0363 e. The fourth-order valence-electron chi connectivity index (χ4n) is 1.92. The zero-order chi connectivity index (χ0) is 9.97. The molecule has 0 bridgehead atoms. The lowest BCUT2D eigenvalue weighted by Crippen LogP contribution is -1.92. The number of halogens is 1. The highest BCUT2D eigenvalue weighted by Crippen LogP contribution is 2.37. The number of hydrogen-bond acceptors (Lipinski definition) is 0. The fraction of sp³-hybridized carbons (Fsp3) is 0.231. The summed E-state index contributed by atoms with van der Waals surface area (Å²) >= 11 is 5.87. The van der Waals surface area contributed by atoms with Crippen LogP contribution in [0.15, 0.2) is 53.6 Å². The first kappa shape index (κ1) is 9.54. The van der Waals surface area contributed by atoms with Crippen LogP contribution in [-0.4, -0.2) is 0 Å². The van der Waals surface area contributed by atoms with E-state index in [0.717, 1.165) is 12.8 Å². The molecule has 1 aliphatic rings. The van der Waals surface area contributed by atoms with E-state index in [1.807, 2.05) is 6.07 Å². The minimum atomic E-state index is 0.599. The lowest BCUT2D eigenvalue weighted by atomic mass is 9.96. The number of hydrogen-bond donors (Lipinski definition) is 0. The van der Waals surface area contributed by atoms with Gasteiger partial charge in [0.15, 0.2) is 0 Å². The minimum Gasteiger partial charge on any atom is -0.0847 e. The highest BCUT2D eigenvalue weighted by atomic mass is 35.5. The van der Waals surface area contributed by atoms with Gasteiger partial charge in [-0.15, -0.1) is 0 Å². The molecule has 0 N–H and O–H groups in total. The Morgan fingerprint density at radius 2 is 2.00 bits per heavy atom. The van der Waals surface area contributed by atoms with Gasteiger partial charge in [-0.2, -0.15) is 0 Å². The van der Waals surface area contributed by atoms with Gasteiger partial charge in [-0.05, 0) is 29.9 Å². The zero-order valence-corrected chi connectivity index (χ0v) is 8.80. The van der Waals surface area contributed by atoms with Gasteiger partial charge in [0.05, 0.1) is 0 Å². The largest absolute Gasteiger partial charge is 0.0847 e. The number of benzene rings is 1. The van der Waals surface area contributed by atoms with E-state index in [-0.39, 0.29) is 0 Å². The zero-order valence-electron chi connectivity index (χ0n) is 8.04. The molecule has 2 rings (SSSR count). The van der Waals surface area contributed by atoms with Gasteiger partial charge in [0.1, 0.15) is 0 Å². The second-order valence-corrected chi connectivity index (χ2v) is 4.14. The van der Waals surface area contributed by atoms with Gasteiger partial charge in [0.2, 0.25) is 0 Å². The molecule has 0 nitrogen and oxygen atoms in total. The lowest BCUT2D eigenvalue weighted by Gasteiger charge is -2.09. The first-order chi connectivity index (χ1) is 6.77. The van der Waals surface area contributed by atoms with Crippen LogP contribution in [0.4, 0.5) is 0 Å². The quantitative estimate of drug-likeness (QED) is 0.676. The Bertz CT molecular complexity index is 362. The van der Waals surface area contributed by atoms with Crippen LogP contribution in [0.25, 0.3) is 0 Å². The van der Waals surface area contributed by atoms with E-state index in [9.17, 15) is 0 Å². The summed E-state index contributed by atoms with van der Waals surface area (Å²) in [5, 5.41) is 0.698. The first-order valence-electron chi connectivity index (χ1n) is 4.86. The van der Waals surface area contributed by atoms with Crippen molar-refractivity contribution in [3.05, 3.63) is 59.2 Å². The van der Waals surface area contributed by atoms with Crippen LogP contribution in [0.5, 0.6) is 0 Å². The van der Waals surface area contributed by atoms with Gasteiger partial charge >= 0.3 is 0 Å². The molecule has 1 aromatic rings. The van der Waals surface area contributed by atoms with Crippen LogP contribution < -0.4 is 0 Å². The van der Waals surface area contributed by atoms with Gasteiger partial charge in [0.25, 0.3) is 0 Å². The molecule has 1 heteroatoms. The Hall–Kier alpha value is -1.01. The standard InChI is InChI=1S/C13H13Cl/c1-10(14)12-7-8-13(9-12)11-5-3-2-4-6-11/h2-7,13H,1,8-9H2/t13-/m1/s1. The van der Waals surface area contributed by atoms with Crippen molar-refractivity contribution in [2.75, 3.05) is 0 Å². The van der Waals surface area contributed by atoms with Gasteiger partial charge in [0, 0.05) is 5.03 Å². The maximum absolute atomic E-state index is 5.87. The fourth-order valence-corrected chi connectivity index (χ4v) is 2.07. The minimum absolute atomic E-state index is 0.599. The van der Waals surface area contributed by atoms with Crippen LogP contribution in [0.2, 0.25) is 0 Å². The molecule has 1 atom stereocenters. The topological polar surface area (TPSA) is 0 Å². The Kier molecular flexibility index (Phi) is 2.74. The summed E-state index contributed by atoms with van der Waals surface area (Å²) < 4.78 is 0. The van der Waals surface area contributed by atoms with Crippen molar-refractivity contribution in [1.82, 2.24) is 0 Å². The average Bonchev–Trinajstić information content (AvgIpc) is 2.68. The summed E-state index contributed by atoms with van der Waals surface area (Å²) in [6, 6.07) is 10.6. The van der Waals surface area contributed by atoms with Crippen LogP contribution in [-0.2, 0) is 0 Å². The Morgan fingerprint density at radius 1 is 1.29 bits per heavy atom. The van der Waals surface area contributed by atoms with E-state index in [2.05, 4.69) is 36.9 Å². The second-order valence-electron chi connectivity index (χ2n) is 3.68.